The Labute approximate surface area is 93.6 Å². The third-order valence-electron chi connectivity index (χ3n) is 2.10. The minimum Gasteiger partial charge on any atom is -0.437 e. The van der Waals surface area contributed by atoms with Crippen LogP contribution in [0.4, 0.5) is 0 Å². The first-order valence-electron chi connectivity index (χ1n) is 4.97. The second kappa shape index (κ2) is 4.72. The Morgan fingerprint density at radius 3 is 2.88 bits per heavy atom. The zero-order valence-electron chi connectivity index (χ0n) is 8.87. The molecule has 0 spiro atoms. The molecule has 0 aliphatic rings. The van der Waals surface area contributed by atoms with Crippen LogP contribution in [0.15, 0.2) is 42.9 Å². The van der Waals surface area contributed by atoms with Crippen LogP contribution in [-0.4, -0.2) is 15.1 Å². The third-order valence-corrected chi connectivity index (χ3v) is 2.10. The molecule has 0 unspecified atom stereocenters. The van der Waals surface area contributed by atoms with Gasteiger partial charge < -0.3 is 9.84 Å². The molecular weight excluding hydrogens is 204 g/mol. The van der Waals surface area contributed by atoms with Gasteiger partial charge in [0.25, 0.3) is 0 Å². The first-order valence-corrected chi connectivity index (χ1v) is 4.97. The van der Waals surface area contributed by atoms with Crippen molar-refractivity contribution in [2.24, 2.45) is 0 Å². The van der Waals surface area contributed by atoms with Gasteiger partial charge in [0, 0.05) is 18.5 Å². The standard InChI is InChI=1S/C12H12N2O2/c1-9(15)10-4-6-14-12(7-10)16-11-3-2-5-13-8-11/h2-9,15H,1H3/t9-/m0/s1. The van der Waals surface area contributed by atoms with Crippen molar-refractivity contribution in [3.8, 4) is 11.6 Å². The van der Waals surface area contributed by atoms with Gasteiger partial charge >= 0.3 is 0 Å². The second-order valence-corrected chi connectivity index (χ2v) is 3.39. The second-order valence-electron chi connectivity index (χ2n) is 3.39. The number of ether oxygens (including phenoxy) is 1. The smallest absolute Gasteiger partial charge is 0.219 e. The van der Waals surface area contributed by atoms with Crippen molar-refractivity contribution in [2.75, 3.05) is 0 Å². The van der Waals surface area contributed by atoms with Crippen LogP contribution in [0.3, 0.4) is 0 Å². The molecule has 1 N–H and O–H groups in total. The van der Waals surface area contributed by atoms with Gasteiger partial charge in [-0.05, 0) is 30.7 Å². The highest BCUT2D eigenvalue weighted by Crippen LogP contribution is 2.21. The molecule has 0 fully saturated rings. The minimum atomic E-state index is -0.528. The number of hydrogen-bond acceptors (Lipinski definition) is 4. The minimum absolute atomic E-state index is 0.450. The van der Waals surface area contributed by atoms with Crippen LogP contribution in [0.1, 0.15) is 18.6 Å². The van der Waals surface area contributed by atoms with Crippen molar-refractivity contribution < 1.29 is 9.84 Å². The molecule has 4 heteroatoms. The van der Waals surface area contributed by atoms with Crippen LogP contribution in [0.2, 0.25) is 0 Å². The molecule has 4 nitrogen and oxygen atoms in total. The fourth-order valence-corrected chi connectivity index (χ4v) is 1.27. The Hall–Kier alpha value is -1.94. The molecule has 1 atom stereocenters. The molecule has 2 aromatic heterocycles. The maximum Gasteiger partial charge on any atom is 0.219 e. The Balaban J connectivity index is 2.19. The summed E-state index contributed by atoms with van der Waals surface area (Å²) < 4.78 is 5.48. The fourth-order valence-electron chi connectivity index (χ4n) is 1.27. The van der Waals surface area contributed by atoms with E-state index in [0.29, 0.717) is 11.6 Å². The maximum absolute atomic E-state index is 9.42. The summed E-state index contributed by atoms with van der Waals surface area (Å²) >= 11 is 0. The van der Waals surface area contributed by atoms with E-state index in [9.17, 15) is 5.11 Å². The molecule has 2 aromatic rings. The predicted molar refractivity (Wildman–Crippen MR) is 59.2 cm³/mol. The van der Waals surface area contributed by atoms with E-state index in [2.05, 4.69) is 9.97 Å². The zero-order valence-corrected chi connectivity index (χ0v) is 8.87. The lowest BCUT2D eigenvalue weighted by Crippen LogP contribution is -1.94. The van der Waals surface area contributed by atoms with Crippen LogP contribution < -0.4 is 4.74 Å². The summed E-state index contributed by atoms with van der Waals surface area (Å²) in [6.07, 6.45) is 4.36. The number of aliphatic hydroxyl groups excluding tert-OH is 1. The number of rotatable bonds is 3. The third kappa shape index (κ3) is 2.55. The average Bonchev–Trinajstić information content (AvgIpc) is 2.30. The SMILES string of the molecule is C[C@H](O)c1ccnc(Oc2cccnc2)c1. The van der Waals surface area contributed by atoms with Gasteiger partial charge in [-0.25, -0.2) is 4.98 Å². The van der Waals surface area contributed by atoms with Crippen molar-refractivity contribution in [2.45, 2.75) is 13.0 Å². The number of nitrogens with zero attached hydrogens (tertiary/aromatic N) is 2. The van der Waals surface area contributed by atoms with Gasteiger partial charge in [0.05, 0.1) is 12.3 Å². The molecule has 82 valence electrons. The van der Waals surface area contributed by atoms with E-state index in [1.807, 2.05) is 0 Å². The molecule has 2 heterocycles. The van der Waals surface area contributed by atoms with Gasteiger partial charge in [0.1, 0.15) is 5.75 Å². The van der Waals surface area contributed by atoms with E-state index in [-0.39, 0.29) is 0 Å². The Morgan fingerprint density at radius 1 is 1.31 bits per heavy atom. The van der Waals surface area contributed by atoms with E-state index >= 15 is 0 Å². The largest absolute Gasteiger partial charge is 0.437 e. The molecule has 0 aromatic carbocycles. The summed E-state index contributed by atoms with van der Waals surface area (Å²) in [6, 6.07) is 7.04. The molecule has 0 aliphatic carbocycles. The monoisotopic (exact) mass is 216 g/mol. The lowest BCUT2D eigenvalue weighted by Gasteiger charge is -2.07. The van der Waals surface area contributed by atoms with Gasteiger partial charge in [-0.2, -0.15) is 0 Å². The number of aromatic nitrogens is 2. The van der Waals surface area contributed by atoms with Gasteiger partial charge in [-0.1, -0.05) is 0 Å². The van der Waals surface area contributed by atoms with Crippen molar-refractivity contribution in [1.29, 1.82) is 0 Å². The fraction of sp³-hybridized carbons (Fsp3) is 0.167. The normalized spacial score (nSPS) is 12.1. The maximum atomic E-state index is 9.42. The van der Waals surface area contributed by atoms with E-state index in [0.717, 1.165) is 5.56 Å². The van der Waals surface area contributed by atoms with Gasteiger partial charge in [-0.3, -0.25) is 4.98 Å². The van der Waals surface area contributed by atoms with Crippen LogP contribution in [0.5, 0.6) is 11.6 Å². The molecule has 0 amide bonds. The van der Waals surface area contributed by atoms with Crippen molar-refractivity contribution in [3.63, 3.8) is 0 Å². The highest BCUT2D eigenvalue weighted by atomic mass is 16.5. The highest BCUT2D eigenvalue weighted by molar-refractivity contribution is 5.27. The molecule has 0 radical (unpaired) electrons. The van der Waals surface area contributed by atoms with Crippen molar-refractivity contribution >= 4 is 0 Å². The topological polar surface area (TPSA) is 55.2 Å². The summed E-state index contributed by atoms with van der Waals surface area (Å²) in [7, 11) is 0. The number of pyridine rings is 2. The Kier molecular flexibility index (Phi) is 3.12. The average molecular weight is 216 g/mol. The Bertz CT molecular complexity index is 458. The molecular formula is C12H12N2O2. The van der Waals surface area contributed by atoms with Crippen LogP contribution in [0.25, 0.3) is 0 Å². The summed E-state index contributed by atoms with van der Waals surface area (Å²) in [6.45, 7) is 1.70. The van der Waals surface area contributed by atoms with Crippen LogP contribution >= 0.6 is 0 Å². The van der Waals surface area contributed by atoms with Crippen LogP contribution in [0, 0.1) is 0 Å². The Morgan fingerprint density at radius 2 is 2.19 bits per heavy atom. The quantitative estimate of drug-likeness (QED) is 0.855. The van der Waals surface area contributed by atoms with E-state index in [1.165, 1.54) is 0 Å². The molecule has 0 saturated heterocycles. The molecule has 0 aliphatic heterocycles. The van der Waals surface area contributed by atoms with Gasteiger partial charge in [0.15, 0.2) is 0 Å². The summed E-state index contributed by atoms with van der Waals surface area (Å²) in [5, 5.41) is 9.42. The summed E-state index contributed by atoms with van der Waals surface area (Å²) in [5.41, 5.74) is 0.772. The van der Waals surface area contributed by atoms with E-state index < -0.39 is 6.10 Å². The first-order chi connectivity index (χ1) is 7.75. The van der Waals surface area contributed by atoms with Gasteiger partial charge in [-0.15, -0.1) is 0 Å². The molecule has 0 saturated carbocycles. The van der Waals surface area contributed by atoms with Gasteiger partial charge in [0.2, 0.25) is 5.88 Å². The van der Waals surface area contributed by atoms with Crippen LogP contribution in [-0.2, 0) is 0 Å². The predicted octanol–water partition coefficient (Wildman–Crippen LogP) is 2.32. The lowest BCUT2D eigenvalue weighted by atomic mass is 10.2. The summed E-state index contributed by atoms with van der Waals surface area (Å²) in [5.74, 6) is 1.07. The first kappa shape index (κ1) is 10.6. The van der Waals surface area contributed by atoms with E-state index in [1.54, 1.807) is 49.8 Å². The van der Waals surface area contributed by atoms with E-state index in [4.69, 9.17) is 4.74 Å². The number of aliphatic hydroxyl groups is 1. The zero-order chi connectivity index (χ0) is 11.4. The summed E-state index contributed by atoms with van der Waals surface area (Å²) in [4.78, 5) is 7.99. The molecule has 0 bridgehead atoms. The molecule has 2 rings (SSSR count). The lowest BCUT2D eigenvalue weighted by molar-refractivity contribution is 0.198. The molecule has 16 heavy (non-hydrogen) atoms. The van der Waals surface area contributed by atoms with Crippen molar-refractivity contribution in [3.05, 3.63) is 48.4 Å². The van der Waals surface area contributed by atoms with Crippen molar-refractivity contribution in [1.82, 2.24) is 9.97 Å². The highest BCUT2D eigenvalue weighted by Gasteiger charge is 2.04. The number of hydrogen-bond donors (Lipinski definition) is 1.